The first kappa shape index (κ1) is 99.9. The summed E-state index contributed by atoms with van der Waals surface area (Å²) < 4.78 is 108. The summed E-state index contributed by atoms with van der Waals surface area (Å²) in [6, 6.07) is -7.76. The van der Waals surface area contributed by atoms with Crippen molar-refractivity contribution in [3.8, 4) is 0 Å². The van der Waals surface area contributed by atoms with Gasteiger partial charge in [-0.2, -0.15) is 0 Å². The fraction of sp³-hybridized carbons (Fsp3) is 0.940. The van der Waals surface area contributed by atoms with E-state index in [-0.39, 0.29) is 0 Å². The lowest BCUT2D eigenvalue weighted by Crippen LogP contribution is -2.72. The number of aliphatic hydroxyl groups is 27. The number of hydrogen-bond acceptors (Lipinski definition) is 49. The third kappa shape index (κ3) is 22.6. The van der Waals surface area contributed by atoms with Crippen molar-refractivity contribution in [2.75, 3.05) is 66.1 Å². The molecule has 48 atom stereocenters. The highest BCUT2D eigenvalue weighted by Gasteiger charge is 2.62. The zero-order valence-electron chi connectivity index (χ0n) is 64.8. The molecule has 0 aromatic heterocycles. The molecule has 0 aliphatic carbocycles. The predicted octanol–water partition coefficient (Wildman–Crippen LogP) is -20.9. The Hall–Kier alpha value is -3.92. The summed E-state index contributed by atoms with van der Waals surface area (Å²) in [7, 11) is 0. The second kappa shape index (κ2) is 44.2. The standard InChI is InChI=1S/C67H114N4O49/c1-16-34(86)44(96)50(102)64(105-16)119-57-47(99)39(91)25(9-75)108-65(57)116-54-33(71-20(5)83)61(106-27(11-77)40(54)92)114-52-28(12-78)111-60(32(42(52)94)70-19(4)82)118-56-46(98)38(90)26(10-76)109-66(56)117-55-41(93)30(15-104-62-49(101)45(97)37(89)24(8-74)107-62)112-67(58(55)120-63-48(100)36(88)23(85)14-103-63)115-53-29(13-79)110-59(31(43(53)95)69-18(3)81)113-51(22(84)7-73)35(87)21(6-72)68-17(2)80/h16,21-67,72-79,84-102H,6-15H2,1-5H3,(H,68,80)(H,69,81)(H,70,82)(H,71,83)/t16-,21-,22+,23+,24+,25+,26+,27+,28+,29+,30+,31+,32+,33+,34+,35+,36-,37+,38+,39-,40-,41+,42+,43+,44+,45-,46-,47-,48+,49-,50-,51+,52+,53+,54+,55-,56-,57+,58-,59-,60-,61-,62-,63-,64-,65-,66+,67-/m0/s1. The van der Waals surface area contributed by atoms with E-state index in [0.29, 0.717) is 0 Å². The average Bonchev–Trinajstić information content (AvgIpc) is 0.761. The Kier molecular flexibility index (Phi) is 36.8. The molecule has 0 aromatic rings. The number of aliphatic hydroxyl groups excluding tert-OH is 27. The van der Waals surface area contributed by atoms with E-state index in [1.807, 2.05) is 0 Å². The van der Waals surface area contributed by atoms with E-state index >= 15 is 0 Å². The van der Waals surface area contributed by atoms with E-state index in [1.165, 1.54) is 6.92 Å². The Balaban J connectivity index is 1.08. The van der Waals surface area contributed by atoms with Crippen molar-refractivity contribution in [2.24, 2.45) is 0 Å². The molecule has 4 amide bonds. The molecular weight excluding hydrogens is 1640 g/mol. The maximum absolute atomic E-state index is 13.4. The summed E-state index contributed by atoms with van der Waals surface area (Å²) in [5, 5.41) is 310. The summed E-state index contributed by atoms with van der Waals surface area (Å²) in [6.45, 7) is -6.28. The van der Waals surface area contributed by atoms with Crippen molar-refractivity contribution in [2.45, 2.75) is 329 Å². The number of rotatable bonds is 34. The smallest absolute Gasteiger partial charge is 0.217 e. The lowest BCUT2D eigenvalue weighted by molar-refractivity contribution is -0.411. The van der Waals surface area contributed by atoms with Crippen LogP contribution in [0, 0.1) is 0 Å². The Morgan fingerprint density at radius 3 is 1.22 bits per heavy atom. The van der Waals surface area contributed by atoms with Crippen LogP contribution < -0.4 is 21.3 Å². The maximum atomic E-state index is 13.4. The van der Waals surface area contributed by atoms with Crippen LogP contribution in [0.5, 0.6) is 0 Å². The summed E-state index contributed by atoms with van der Waals surface area (Å²) in [4.78, 5) is 51.8. The molecule has 0 spiro atoms. The lowest BCUT2D eigenvalue weighted by Gasteiger charge is -2.52. The molecule has 53 heteroatoms. The van der Waals surface area contributed by atoms with Gasteiger partial charge in [-0.05, 0) is 6.92 Å². The van der Waals surface area contributed by atoms with Gasteiger partial charge in [0.15, 0.2) is 56.6 Å². The van der Waals surface area contributed by atoms with Gasteiger partial charge in [0.1, 0.15) is 226 Å². The van der Waals surface area contributed by atoms with Crippen LogP contribution in [0.2, 0.25) is 0 Å². The molecule has 696 valence electrons. The summed E-state index contributed by atoms with van der Waals surface area (Å²) >= 11 is 0. The highest BCUT2D eigenvalue weighted by atomic mass is 16.8. The van der Waals surface area contributed by atoms with Crippen LogP contribution in [0.3, 0.4) is 0 Å². The molecule has 120 heavy (non-hydrogen) atoms. The zero-order valence-corrected chi connectivity index (χ0v) is 64.8. The second-order valence-corrected chi connectivity index (χ2v) is 30.3. The van der Waals surface area contributed by atoms with E-state index in [9.17, 15) is 157 Å². The summed E-state index contributed by atoms with van der Waals surface area (Å²) in [5.74, 6) is -3.84. The number of hydrogen-bond donors (Lipinski definition) is 31. The van der Waals surface area contributed by atoms with Crippen LogP contribution in [-0.4, -0.2) is 522 Å². The molecule has 0 unspecified atom stereocenters. The van der Waals surface area contributed by atoms with Gasteiger partial charge in [0.05, 0.1) is 78.2 Å². The van der Waals surface area contributed by atoms with Crippen molar-refractivity contribution >= 4 is 23.6 Å². The molecule has 9 rings (SSSR count). The van der Waals surface area contributed by atoms with Gasteiger partial charge >= 0.3 is 0 Å². The van der Waals surface area contributed by atoms with Gasteiger partial charge in [-0.3, -0.25) is 19.2 Å². The third-order valence-corrected chi connectivity index (χ3v) is 21.7. The van der Waals surface area contributed by atoms with Gasteiger partial charge in [0, 0.05) is 27.7 Å². The van der Waals surface area contributed by atoms with Gasteiger partial charge in [0.25, 0.3) is 0 Å². The molecular formula is C67H114N4O49. The van der Waals surface area contributed by atoms with Gasteiger partial charge in [-0.25, -0.2) is 0 Å². The minimum Gasteiger partial charge on any atom is -0.394 e. The van der Waals surface area contributed by atoms with Crippen LogP contribution in [0.1, 0.15) is 34.6 Å². The number of carbonyl (C=O) groups is 4. The molecule has 0 saturated carbocycles. The van der Waals surface area contributed by atoms with Crippen molar-refractivity contribution in [1.82, 2.24) is 21.3 Å². The van der Waals surface area contributed by atoms with Crippen LogP contribution in [0.25, 0.3) is 0 Å². The van der Waals surface area contributed by atoms with E-state index in [2.05, 4.69) is 21.3 Å². The van der Waals surface area contributed by atoms with Gasteiger partial charge in [-0.1, -0.05) is 0 Å². The Bertz CT molecular complexity index is 3180. The molecule has 9 aliphatic heterocycles. The Morgan fingerprint density at radius 1 is 0.333 bits per heavy atom. The monoisotopic (exact) mass is 1760 g/mol. The van der Waals surface area contributed by atoms with E-state index < -0.39 is 384 Å². The first-order valence-corrected chi connectivity index (χ1v) is 38.3. The second-order valence-electron chi connectivity index (χ2n) is 30.3. The fourth-order valence-corrected chi connectivity index (χ4v) is 15.2. The lowest BCUT2D eigenvalue weighted by atomic mass is 9.93. The number of ether oxygens (including phenoxy) is 18. The molecule has 9 heterocycles. The minimum atomic E-state index is -2.53. The number of nitrogens with one attached hydrogen (secondary N) is 4. The average molecular weight is 1760 g/mol. The SMILES string of the molecule is CC(=O)N[C@H]1[C@H](O[C@@H]2[C@@H](O[C@H]3[C@H](O)[C@@H](CO[C@H]4O[C@H](CO)[C@@H](O)[C@H](O)[C@@H]4O)O[C@@H](O[C@H]4[C@H](O)[C@@H](NC(C)=O)[C@H](O[C@@H]([C@H](O)[C@H](CO)NC(C)=O)[C@H](O)CO)O[C@@H]4CO)[C@H]3O[C@@H]3OC[C@@H](O)[C@H](O)[C@H]3O)O[C@H](CO)[C@@H](O)[C@@H]2O)O[C@H](CO)[C@@H](O[C@@H]2O[C@H](CO)[C@H](O)[C@H](O[C@@H]3O[C@H](CO)[C@H](O)[C@H](O)[C@H]3O[C@@H]3O[C@@H](C)[C@@H](O)[C@@H](O)[C@@H]3O)[C@H]2NC(C)=O)[C@@H]1O. The van der Waals surface area contributed by atoms with Crippen LogP contribution in [0.15, 0.2) is 0 Å². The van der Waals surface area contributed by atoms with Gasteiger partial charge < -0.3 is 244 Å². The molecule has 53 nitrogen and oxygen atoms in total. The first-order chi connectivity index (χ1) is 56.7. The first-order valence-electron chi connectivity index (χ1n) is 38.3. The summed E-state index contributed by atoms with van der Waals surface area (Å²) in [5.41, 5.74) is 0. The summed E-state index contributed by atoms with van der Waals surface area (Å²) in [6.07, 6.45) is -93.9. The maximum Gasteiger partial charge on any atom is 0.217 e. The van der Waals surface area contributed by atoms with E-state index in [4.69, 9.17) is 85.3 Å². The van der Waals surface area contributed by atoms with Crippen molar-refractivity contribution in [1.29, 1.82) is 0 Å². The van der Waals surface area contributed by atoms with Crippen LogP contribution in [0.4, 0.5) is 0 Å². The minimum absolute atomic E-state index is 0.822. The highest BCUT2D eigenvalue weighted by molar-refractivity contribution is 5.74. The Labute approximate surface area is 680 Å². The third-order valence-electron chi connectivity index (χ3n) is 21.7. The molecule has 0 aromatic carbocycles. The van der Waals surface area contributed by atoms with Crippen molar-refractivity contribution < 1.29 is 242 Å². The topological polar surface area (TPSA) is 829 Å². The Morgan fingerprint density at radius 2 is 0.708 bits per heavy atom. The van der Waals surface area contributed by atoms with Crippen molar-refractivity contribution in [3.63, 3.8) is 0 Å². The molecule has 9 saturated heterocycles. The normalized spacial score (nSPS) is 46.9. The zero-order chi connectivity index (χ0) is 88.6. The quantitative estimate of drug-likeness (QED) is 0.0284. The highest BCUT2D eigenvalue weighted by Crippen LogP contribution is 2.41. The number of carbonyl (C=O) groups excluding carboxylic acids is 4. The van der Waals surface area contributed by atoms with E-state index in [1.54, 1.807) is 0 Å². The predicted molar refractivity (Wildman–Crippen MR) is 371 cm³/mol. The van der Waals surface area contributed by atoms with Crippen LogP contribution >= 0.6 is 0 Å². The largest absolute Gasteiger partial charge is 0.394 e. The van der Waals surface area contributed by atoms with Crippen molar-refractivity contribution in [3.05, 3.63) is 0 Å². The molecule has 31 N–H and O–H groups in total. The van der Waals surface area contributed by atoms with Gasteiger partial charge in [0.2, 0.25) is 23.6 Å². The molecule has 0 bridgehead atoms. The van der Waals surface area contributed by atoms with Crippen LogP contribution in [-0.2, 0) is 104 Å². The molecule has 0 radical (unpaired) electrons. The molecule has 9 aliphatic rings. The molecule has 9 fully saturated rings. The van der Waals surface area contributed by atoms with E-state index in [0.717, 1.165) is 27.7 Å². The fourth-order valence-electron chi connectivity index (χ4n) is 15.2. The van der Waals surface area contributed by atoms with Gasteiger partial charge in [-0.15, -0.1) is 0 Å². The number of amides is 4.